The summed E-state index contributed by atoms with van der Waals surface area (Å²) in [5.74, 6) is 0.856. The average molecular weight is 280 g/mol. The van der Waals surface area contributed by atoms with Gasteiger partial charge in [0.2, 0.25) is 0 Å². The molecule has 5 nitrogen and oxygen atoms in total. The third-order valence-electron chi connectivity index (χ3n) is 2.45. The van der Waals surface area contributed by atoms with Gasteiger partial charge in [-0.15, -0.1) is 0 Å². The normalized spacial score (nSPS) is 11.1. The van der Waals surface area contributed by atoms with Gasteiger partial charge in [-0.25, -0.2) is 0 Å². The Hall–Kier alpha value is -1.43. The predicted molar refractivity (Wildman–Crippen MR) is 80.8 cm³/mol. The Morgan fingerprint density at radius 3 is 2.60 bits per heavy atom. The number of ether oxygens (including phenoxy) is 3. The topological polar surface area (TPSA) is 66.1 Å². The van der Waals surface area contributed by atoms with Gasteiger partial charge in [-0.3, -0.25) is 4.99 Å². The van der Waals surface area contributed by atoms with Crippen LogP contribution >= 0.6 is 0 Å². The van der Waals surface area contributed by atoms with Crippen LogP contribution in [0.1, 0.15) is 12.5 Å². The molecule has 5 heteroatoms. The standard InChI is InChI=1S/C15H24N2O3/c1-2-20-15-6-4-3-5-14(15)13-17-8-10-19-12-11-18-9-7-16/h3-6,13H,2,7-12,16H2,1H3. The lowest BCUT2D eigenvalue weighted by Crippen LogP contribution is -2.12. The third kappa shape index (κ3) is 7.23. The van der Waals surface area contributed by atoms with Crippen LogP contribution in [-0.4, -0.2) is 52.3 Å². The predicted octanol–water partition coefficient (Wildman–Crippen LogP) is 1.50. The van der Waals surface area contributed by atoms with Crippen molar-refractivity contribution >= 4 is 6.21 Å². The average Bonchev–Trinajstić information content (AvgIpc) is 2.47. The molecule has 2 N–H and O–H groups in total. The van der Waals surface area contributed by atoms with Crippen molar-refractivity contribution in [2.45, 2.75) is 6.92 Å². The second-order valence-electron chi connectivity index (χ2n) is 4.02. The molecule has 0 amide bonds. The number of hydrogen-bond donors (Lipinski definition) is 1. The Balaban J connectivity index is 2.18. The van der Waals surface area contributed by atoms with Crippen LogP contribution in [0.5, 0.6) is 5.75 Å². The monoisotopic (exact) mass is 280 g/mol. The molecule has 112 valence electrons. The van der Waals surface area contributed by atoms with Crippen molar-refractivity contribution in [3.05, 3.63) is 29.8 Å². The summed E-state index contributed by atoms with van der Waals surface area (Å²) in [4.78, 5) is 4.33. The number of benzene rings is 1. The molecule has 1 aromatic rings. The van der Waals surface area contributed by atoms with Crippen LogP contribution in [0, 0.1) is 0 Å². The molecule has 0 aromatic heterocycles. The van der Waals surface area contributed by atoms with E-state index in [2.05, 4.69) is 4.99 Å². The van der Waals surface area contributed by atoms with Crippen molar-refractivity contribution in [1.82, 2.24) is 0 Å². The SMILES string of the molecule is CCOc1ccccc1C=NCCOCCOCCN. The van der Waals surface area contributed by atoms with E-state index in [-0.39, 0.29) is 0 Å². The molecule has 0 atom stereocenters. The van der Waals surface area contributed by atoms with E-state index < -0.39 is 0 Å². The highest BCUT2D eigenvalue weighted by molar-refractivity contribution is 5.83. The number of hydrogen-bond acceptors (Lipinski definition) is 5. The number of aliphatic imine (C=N–C) groups is 1. The fraction of sp³-hybridized carbons (Fsp3) is 0.533. The molecule has 0 unspecified atom stereocenters. The molecular weight excluding hydrogens is 256 g/mol. The molecule has 0 aliphatic heterocycles. The number of nitrogens with two attached hydrogens (primary N) is 1. The number of para-hydroxylation sites is 1. The van der Waals surface area contributed by atoms with Crippen LogP contribution in [-0.2, 0) is 9.47 Å². The number of rotatable bonds is 11. The van der Waals surface area contributed by atoms with Gasteiger partial charge in [-0.05, 0) is 19.1 Å². The van der Waals surface area contributed by atoms with Gasteiger partial charge in [0.05, 0.1) is 39.6 Å². The van der Waals surface area contributed by atoms with E-state index in [1.807, 2.05) is 37.4 Å². The molecule has 0 fully saturated rings. The van der Waals surface area contributed by atoms with Crippen molar-refractivity contribution in [2.24, 2.45) is 10.7 Å². The van der Waals surface area contributed by atoms with Gasteiger partial charge in [0.15, 0.2) is 0 Å². The van der Waals surface area contributed by atoms with Crippen LogP contribution in [0.4, 0.5) is 0 Å². The Morgan fingerprint density at radius 1 is 1.10 bits per heavy atom. The number of nitrogens with zero attached hydrogens (tertiary/aromatic N) is 1. The molecule has 0 aliphatic rings. The van der Waals surface area contributed by atoms with E-state index in [0.29, 0.717) is 46.1 Å². The quantitative estimate of drug-likeness (QED) is 0.493. The smallest absolute Gasteiger partial charge is 0.128 e. The molecule has 0 saturated heterocycles. The Bertz CT molecular complexity index is 383. The lowest BCUT2D eigenvalue weighted by molar-refractivity contribution is 0.0540. The second-order valence-corrected chi connectivity index (χ2v) is 4.02. The maximum atomic E-state index is 5.52. The summed E-state index contributed by atoms with van der Waals surface area (Å²) in [6.07, 6.45) is 1.82. The van der Waals surface area contributed by atoms with Gasteiger partial charge in [0, 0.05) is 18.3 Å². The van der Waals surface area contributed by atoms with Crippen molar-refractivity contribution in [2.75, 3.05) is 46.1 Å². The summed E-state index contributed by atoms with van der Waals surface area (Å²) in [6, 6.07) is 7.84. The molecule has 0 saturated carbocycles. The maximum Gasteiger partial charge on any atom is 0.128 e. The minimum absolute atomic E-state index is 0.545. The highest BCUT2D eigenvalue weighted by atomic mass is 16.5. The minimum atomic E-state index is 0.545. The summed E-state index contributed by atoms with van der Waals surface area (Å²) in [6.45, 7) is 6.10. The first-order valence-corrected chi connectivity index (χ1v) is 6.95. The molecule has 1 aromatic carbocycles. The molecule has 0 aliphatic carbocycles. The Morgan fingerprint density at radius 2 is 1.85 bits per heavy atom. The highest BCUT2D eigenvalue weighted by Gasteiger charge is 1.98. The van der Waals surface area contributed by atoms with E-state index in [1.165, 1.54) is 0 Å². The largest absolute Gasteiger partial charge is 0.493 e. The minimum Gasteiger partial charge on any atom is -0.493 e. The zero-order valence-corrected chi connectivity index (χ0v) is 12.1. The van der Waals surface area contributed by atoms with Crippen molar-refractivity contribution in [3.8, 4) is 5.75 Å². The Kier molecular flexibility index (Phi) is 9.48. The molecule has 0 spiro atoms. The molecular formula is C15H24N2O3. The lowest BCUT2D eigenvalue weighted by Gasteiger charge is -2.06. The highest BCUT2D eigenvalue weighted by Crippen LogP contribution is 2.15. The van der Waals surface area contributed by atoms with Crippen molar-refractivity contribution in [1.29, 1.82) is 0 Å². The summed E-state index contributed by atoms with van der Waals surface area (Å²) >= 11 is 0. The first-order chi connectivity index (χ1) is 9.88. The summed E-state index contributed by atoms with van der Waals surface area (Å²) in [5.41, 5.74) is 6.29. The van der Waals surface area contributed by atoms with E-state index in [1.54, 1.807) is 0 Å². The van der Waals surface area contributed by atoms with E-state index in [9.17, 15) is 0 Å². The van der Waals surface area contributed by atoms with E-state index in [0.717, 1.165) is 11.3 Å². The van der Waals surface area contributed by atoms with Gasteiger partial charge < -0.3 is 19.9 Å². The molecule has 0 radical (unpaired) electrons. The van der Waals surface area contributed by atoms with Crippen LogP contribution in [0.2, 0.25) is 0 Å². The van der Waals surface area contributed by atoms with Crippen LogP contribution in [0.15, 0.2) is 29.3 Å². The fourth-order valence-electron chi connectivity index (χ4n) is 1.56. The lowest BCUT2D eigenvalue weighted by atomic mass is 10.2. The van der Waals surface area contributed by atoms with Gasteiger partial charge >= 0.3 is 0 Å². The maximum absolute atomic E-state index is 5.52. The Labute approximate surface area is 120 Å². The van der Waals surface area contributed by atoms with Gasteiger partial charge in [-0.1, -0.05) is 12.1 Å². The first-order valence-electron chi connectivity index (χ1n) is 6.95. The fourth-order valence-corrected chi connectivity index (χ4v) is 1.56. The zero-order valence-electron chi connectivity index (χ0n) is 12.1. The summed E-state index contributed by atoms with van der Waals surface area (Å²) in [7, 11) is 0. The summed E-state index contributed by atoms with van der Waals surface area (Å²) < 4.78 is 16.1. The van der Waals surface area contributed by atoms with Gasteiger partial charge in [-0.2, -0.15) is 0 Å². The third-order valence-corrected chi connectivity index (χ3v) is 2.45. The second kappa shape index (κ2) is 11.4. The zero-order chi connectivity index (χ0) is 14.5. The first kappa shape index (κ1) is 16.6. The molecule has 20 heavy (non-hydrogen) atoms. The molecule has 1 rings (SSSR count). The summed E-state index contributed by atoms with van der Waals surface area (Å²) in [5, 5.41) is 0. The van der Waals surface area contributed by atoms with Crippen LogP contribution in [0.25, 0.3) is 0 Å². The van der Waals surface area contributed by atoms with Gasteiger partial charge in [0.1, 0.15) is 5.75 Å². The van der Waals surface area contributed by atoms with E-state index in [4.69, 9.17) is 19.9 Å². The molecule has 0 bridgehead atoms. The van der Waals surface area contributed by atoms with Crippen molar-refractivity contribution in [3.63, 3.8) is 0 Å². The van der Waals surface area contributed by atoms with E-state index >= 15 is 0 Å². The van der Waals surface area contributed by atoms with Crippen LogP contribution < -0.4 is 10.5 Å². The van der Waals surface area contributed by atoms with Crippen molar-refractivity contribution < 1.29 is 14.2 Å². The van der Waals surface area contributed by atoms with Crippen LogP contribution in [0.3, 0.4) is 0 Å². The molecule has 0 heterocycles. The van der Waals surface area contributed by atoms with Gasteiger partial charge in [0.25, 0.3) is 0 Å².